The second-order valence-corrected chi connectivity index (χ2v) is 6.38. The number of rotatable bonds is 1. The van der Waals surface area contributed by atoms with Crippen molar-refractivity contribution in [1.82, 2.24) is 4.90 Å². The Morgan fingerprint density at radius 3 is 3.00 bits per heavy atom. The van der Waals surface area contributed by atoms with Crippen molar-refractivity contribution < 1.29 is 14.3 Å². The van der Waals surface area contributed by atoms with Crippen LogP contribution in [0.25, 0.3) is 0 Å². The number of carbonyl (C=O) groups excluding carboxylic acids is 1. The normalized spacial score (nSPS) is 34.7. The van der Waals surface area contributed by atoms with Crippen molar-refractivity contribution in [3.63, 3.8) is 0 Å². The van der Waals surface area contributed by atoms with Crippen LogP contribution in [0.1, 0.15) is 36.9 Å². The zero-order valence-electron chi connectivity index (χ0n) is 12.5. The van der Waals surface area contributed by atoms with Gasteiger partial charge in [-0.3, -0.25) is 9.69 Å². The Morgan fingerprint density at radius 1 is 1.33 bits per heavy atom. The minimum atomic E-state index is 0.00600. The fourth-order valence-corrected chi connectivity index (χ4v) is 4.45. The van der Waals surface area contributed by atoms with Crippen LogP contribution in [0, 0.1) is 5.92 Å². The van der Waals surface area contributed by atoms with Crippen LogP contribution in [0.2, 0.25) is 0 Å². The van der Waals surface area contributed by atoms with Gasteiger partial charge in [0, 0.05) is 12.6 Å². The Balaban J connectivity index is 1.69. The highest BCUT2D eigenvalue weighted by atomic mass is 16.6. The molecule has 112 valence electrons. The van der Waals surface area contributed by atoms with Crippen molar-refractivity contribution in [2.24, 2.45) is 5.92 Å². The molecule has 4 nitrogen and oxygen atoms in total. The molecule has 4 heteroatoms. The minimum Gasteiger partial charge on any atom is -0.497 e. The molecule has 3 aliphatic heterocycles. The molecule has 21 heavy (non-hydrogen) atoms. The van der Waals surface area contributed by atoms with Gasteiger partial charge in [-0.15, -0.1) is 0 Å². The van der Waals surface area contributed by atoms with Gasteiger partial charge in [0.1, 0.15) is 11.9 Å². The van der Waals surface area contributed by atoms with Crippen LogP contribution >= 0.6 is 0 Å². The van der Waals surface area contributed by atoms with Gasteiger partial charge in [0.2, 0.25) is 0 Å². The van der Waals surface area contributed by atoms with Gasteiger partial charge < -0.3 is 9.47 Å². The maximum absolute atomic E-state index is 12.0. The molecule has 0 bridgehead atoms. The fourth-order valence-electron chi connectivity index (χ4n) is 4.45. The molecular formula is C17H21NO3. The highest BCUT2D eigenvalue weighted by Gasteiger charge is 2.51. The Morgan fingerprint density at radius 2 is 2.19 bits per heavy atom. The predicted molar refractivity (Wildman–Crippen MR) is 78.2 cm³/mol. The number of nitrogens with zero attached hydrogens (tertiary/aromatic N) is 1. The largest absolute Gasteiger partial charge is 0.497 e. The van der Waals surface area contributed by atoms with Crippen LogP contribution in [-0.2, 0) is 16.0 Å². The molecule has 4 atom stereocenters. The van der Waals surface area contributed by atoms with Crippen molar-refractivity contribution in [2.45, 2.75) is 44.4 Å². The summed E-state index contributed by atoms with van der Waals surface area (Å²) in [6.07, 6.45) is 3.03. The summed E-state index contributed by atoms with van der Waals surface area (Å²) in [6.45, 7) is 3.04. The smallest absolute Gasteiger partial charge is 0.310 e. The molecule has 3 heterocycles. The van der Waals surface area contributed by atoms with Crippen molar-refractivity contribution in [1.29, 1.82) is 0 Å². The van der Waals surface area contributed by atoms with Gasteiger partial charge in [0.15, 0.2) is 0 Å². The van der Waals surface area contributed by atoms with Crippen molar-refractivity contribution in [2.75, 3.05) is 13.7 Å². The number of esters is 1. The zero-order valence-corrected chi connectivity index (χ0v) is 12.5. The molecule has 4 rings (SSSR count). The van der Waals surface area contributed by atoms with E-state index in [9.17, 15) is 4.79 Å². The lowest BCUT2D eigenvalue weighted by Gasteiger charge is -2.46. The maximum atomic E-state index is 12.0. The number of carbonyl (C=O) groups is 1. The number of benzene rings is 1. The Labute approximate surface area is 125 Å². The first kappa shape index (κ1) is 13.1. The molecule has 1 aromatic carbocycles. The number of ether oxygens (including phenoxy) is 2. The van der Waals surface area contributed by atoms with E-state index in [4.69, 9.17) is 9.47 Å². The second-order valence-electron chi connectivity index (χ2n) is 6.38. The summed E-state index contributed by atoms with van der Waals surface area (Å²) in [6, 6.07) is 7.10. The van der Waals surface area contributed by atoms with E-state index in [1.807, 2.05) is 13.0 Å². The summed E-state index contributed by atoms with van der Waals surface area (Å²) in [5.74, 6) is 1.02. The Hall–Kier alpha value is -1.55. The van der Waals surface area contributed by atoms with E-state index >= 15 is 0 Å². The summed E-state index contributed by atoms with van der Waals surface area (Å²) in [4.78, 5) is 14.5. The van der Waals surface area contributed by atoms with Crippen molar-refractivity contribution in [3.05, 3.63) is 29.3 Å². The molecule has 0 spiro atoms. The van der Waals surface area contributed by atoms with Crippen LogP contribution in [0.4, 0.5) is 0 Å². The lowest BCUT2D eigenvalue weighted by atomic mass is 9.79. The monoisotopic (exact) mass is 287 g/mol. The first-order valence-electron chi connectivity index (χ1n) is 7.82. The van der Waals surface area contributed by atoms with Gasteiger partial charge in [-0.05, 0) is 49.4 Å². The Bertz CT molecular complexity index is 585. The van der Waals surface area contributed by atoms with Crippen LogP contribution < -0.4 is 4.74 Å². The third-order valence-corrected chi connectivity index (χ3v) is 5.38. The molecule has 0 aliphatic carbocycles. The molecule has 0 N–H and O–H groups in total. The summed E-state index contributed by atoms with van der Waals surface area (Å²) in [7, 11) is 1.71. The molecule has 2 saturated heterocycles. The number of hydrogen-bond donors (Lipinski definition) is 0. The van der Waals surface area contributed by atoms with E-state index in [1.54, 1.807) is 7.11 Å². The molecule has 1 aromatic rings. The molecule has 0 saturated carbocycles. The SMILES string of the molecule is COc1ccc2c(c1)CCN1[C@H]3[C@H](CC[C@H]21)C(=O)O[C@@H]3C. The molecule has 0 unspecified atom stereocenters. The van der Waals surface area contributed by atoms with Gasteiger partial charge in [-0.1, -0.05) is 6.07 Å². The van der Waals surface area contributed by atoms with Gasteiger partial charge >= 0.3 is 5.97 Å². The summed E-state index contributed by atoms with van der Waals surface area (Å²) in [5.41, 5.74) is 2.80. The second kappa shape index (κ2) is 4.73. The lowest BCUT2D eigenvalue weighted by Crippen LogP contribution is -2.52. The standard InChI is InChI=1S/C17H21NO3/c1-10-16-14(17(19)21-10)5-6-15-13-4-3-12(20-2)9-11(13)7-8-18(15)16/h3-4,9-10,14-16H,5-8H2,1-2H3/t10-,14+,15-,16-/m1/s1. The van der Waals surface area contributed by atoms with Crippen LogP contribution in [0.15, 0.2) is 18.2 Å². The molecule has 0 amide bonds. The quantitative estimate of drug-likeness (QED) is 0.743. The zero-order chi connectivity index (χ0) is 14.6. The van der Waals surface area contributed by atoms with E-state index in [0.29, 0.717) is 6.04 Å². The number of hydrogen-bond acceptors (Lipinski definition) is 4. The first-order chi connectivity index (χ1) is 10.2. The number of methoxy groups -OCH3 is 1. The third kappa shape index (κ3) is 1.89. The fraction of sp³-hybridized carbons (Fsp3) is 0.588. The molecule has 2 fully saturated rings. The summed E-state index contributed by atoms with van der Waals surface area (Å²) in [5, 5.41) is 0. The first-order valence-corrected chi connectivity index (χ1v) is 7.82. The average Bonchev–Trinajstić information content (AvgIpc) is 2.81. The van der Waals surface area contributed by atoms with E-state index in [2.05, 4.69) is 17.0 Å². The lowest BCUT2D eigenvalue weighted by molar-refractivity contribution is -0.144. The highest BCUT2D eigenvalue weighted by Crippen LogP contribution is 2.46. The highest BCUT2D eigenvalue weighted by molar-refractivity contribution is 5.76. The van der Waals surface area contributed by atoms with Gasteiger partial charge in [0.25, 0.3) is 0 Å². The van der Waals surface area contributed by atoms with E-state index < -0.39 is 0 Å². The molecule has 0 aromatic heterocycles. The summed E-state index contributed by atoms with van der Waals surface area (Å²) < 4.78 is 10.8. The number of piperidine rings is 1. The van der Waals surface area contributed by atoms with Gasteiger partial charge in [0.05, 0.1) is 19.1 Å². The van der Waals surface area contributed by atoms with Crippen LogP contribution in [0.3, 0.4) is 0 Å². The maximum Gasteiger partial charge on any atom is 0.310 e. The van der Waals surface area contributed by atoms with Crippen molar-refractivity contribution >= 4 is 5.97 Å². The average molecular weight is 287 g/mol. The third-order valence-electron chi connectivity index (χ3n) is 5.38. The van der Waals surface area contributed by atoms with Crippen LogP contribution in [-0.4, -0.2) is 36.7 Å². The van der Waals surface area contributed by atoms with Gasteiger partial charge in [-0.25, -0.2) is 0 Å². The minimum absolute atomic E-state index is 0.00600. The molecular weight excluding hydrogens is 266 g/mol. The van der Waals surface area contributed by atoms with E-state index in [-0.39, 0.29) is 24.0 Å². The van der Waals surface area contributed by atoms with Crippen molar-refractivity contribution in [3.8, 4) is 5.75 Å². The predicted octanol–water partition coefficient (Wildman–Crippen LogP) is 2.32. The van der Waals surface area contributed by atoms with Crippen LogP contribution in [0.5, 0.6) is 5.75 Å². The summed E-state index contributed by atoms with van der Waals surface area (Å²) >= 11 is 0. The topological polar surface area (TPSA) is 38.8 Å². The van der Waals surface area contributed by atoms with Gasteiger partial charge in [-0.2, -0.15) is 0 Å². The van der Waals surface area contributed by atoms with E-state index in [1.165, 1.54) is 11.1 Å². The van der Waals surface area contributed by atoms with E-state index in [0.717, 1.165) is 31.6 Å². The Kier molecular flexibility index (Phi) is 2.96. The number of fused-ring (bicyclic) bond motifs is 5. The molecule has 0 radical (unpaired) electrons. The molecule has 3 aliphatic rings. The number of cyclic esters (lactones) is 1.